The molecule has 2 unspecified atom stereocenters. The molecule has 0 spiro atoms. The molecule has 0 aliphatic heterocycles. The summed E-state index contributed by atoms with van der Waals surface area (Å²) in [4.78, 5) is 0. The summed E-state index contributed by atoms with van der Waals surface area (Å²) in [5.74, 6) is 7.00. The maximum absolute atomic E-state index is 5.29. The molecule has 1 aliphatic rings. The van der Waals surface area contributed by atoms with Crippen molar-refractivity contribution in [3.63, 3.8) is 0 Å². The van der Waals surface area contributed by atoms with Gasteiger partial charge in [-0.15, -0.1) is 0 Å². The lowest BCUT2D eigenvalue weighted by molar-refractivity contribution is 0.368. The van der Waals surface area contributed by atoms with Crippen LogP contribution in [0.4, 0.5) is 0 Å². The summed E-state index contributed by atoms with van der Waals surface area (Å²) in [6.07, 6.45) is 2.82. The highest BCUT2D eigenvalue weighted by Gasteiger charge is 2.30. The average Bonchev–Trinajstić information content (AvgIpc) is 2.66. The predicted octanol–water partition coefficient (Wildman–Crippen LogP) is 0.884. The van der Waals surface area contributed by atoms with E-state index in [1.807, 2.05) is 0 Å². The standard InChI is InChI=1S/C7H16N2/c1-5(6(2)9-8)7-3-4-7/h5-7,9H,3-4,8H2,1-2H3. The van der Waals surface area contributed by atoms with Gasteiger partial charge in [0.1, 0.15) is 0 Å². The highest BCUT2D eigenvalue weighted by Crippen LogP contribution is 2.37. The number of hydrogen-bond acceptors (Lipinski definition) is 2. The molecule has 1 aliphatic carbocycles. The van der Waals surface area contributed by atoms with Crippen LogP contribution in [-0.4, -0.2) is 6.04 Å². The molecule has 0 amide bonds. The van der Waals surface area contributed by atoms with Crippen molar-refractivity contribution >= 4 is 0 Å². The van der Waals surface area contributed by atoms with Gasteiger partial charge in [-0.2, -0.15) is 0 Å². The van der Waals surface area contributed by atoms with Gasteiger partial charge in [0.2, 0.25) is 0 Å². The van der Waals surface area contributed by atoms with Gasteiger partial charge in [0, 0.05) is 6.04 Å². The molecule has 0 radical (unpaired) electrons. The van der Waals surface area contributed by atoms with Crippen LogP contribution in [0.15, 0.2) is 0 Å². The zero-order chi connectivity index (χ0) is 6.85. The highest BCUT2D eigenvalue weighted by molar-refractivity contribution is 4.83. The van der Waals surface area contributed by atoms with Crippen LogP contribution in [0.2, 0.25) is 0 Å². The average molecular weight is 128 g/mol. The summed E-state index contributed by atoms with van der Waals surface area (Å²) in [6.45, 7) is 4.41. The first-order valence-corrected chi connectivity index (χ1v) is 3.72. The molecule has 0 aromatic carbocycles. The molecule has 2 heteroatoms. The fourth-order valence-electron chi connectivity index (χ4n) is 1.18. The summed E-state index contributed by atoms with van der Waals surface area (Å²) in [5.41, 5.74) is 2.79. The van der Waals surface area contributed by atoms with Crippen LogP contribution in [-0.2, 0) is 0 Å². The van der Waals surface area contributed by atoms with Crippen LogP contribution in [0.1, 0.15) is 26.7 Å². The van der Waals surface area contributed by atoms with E-state index in [0.717, 1.165) is 11.8 Å². The summed E-state index contributed by atoms with van der Waals surface area (Å²) < 4.78 is 0. The van der Waals surface area contributed by atoms with Gasteiger partial charge < -0.3 is 0 Å². The van der Waals surface area contributed by atoms with Gasteiger partial charge in [-0.3, -0.25) is 11.3 Å². The molecule has 9 heavy (non-hydrogen) atoms. The Morgan fingerprint density at radius 3 is 2.33 bits per heavy atom. The number of hydrazine groups is 1. The Bertz CT molecular complexity index is 88.9. The predicted molar refractivity (Wildman–Crippen MR) is 38.7 cm³/mol. The maximum atomic E-state index is 5.29. The van der Waals surface area contributed by atoms with E-state index in [0.29, 0.717) is 6.04 Å². The minimum absolute atomic E-state index is 0.484. The number of rotatable bonds is 3. The van der Waals surface area contributed by atoms with Gasteiger partial charge in [-0.1, -0.05) is 6.92 Å². The first-order valence-electron chi connectivity index (χ1n) is 3.72. The topological polar surface area (TPSA) is 38.0 Å². The molecule has 0 bridgehead atoms. The van der Waals surface area contributed by atoms with Crippen molar-refractivity contribution in [3.8, 4) is 0 Å². The van der Waals surface area contributed by atoms with Crippen molar-refractivity contribution in [2.45, 2.75) is 32.7 Å². The second kappa shape index (κ2) is 2.67. The maximum Gasteiger partial charge on any atom is 0.0210 e. The molecule has 0 saturated heterocycles. The smallest absolute Gasteiger partial charge is 0.0210 e. The number of hydrogen-bond donors (Lipinski definition) is 2. The van der Waals surface area contributed by atoms with E-state index in [4.69, 9.17) is 5.84 Å². The third-order valence-electron chi connectivity index (χ3n) is 2.42. The van der Waals surface area contributed by atoms with E-state index in [2.05, 4.69) is 19.3 Å². The van der Waals surface area contributed by atoms with E-state index in [-0.39, 0.29) is 0 Å². The fraction of sp³-hybridized carbons (Fsp3) is 1.00. The van der Waals surface area contributed by atoms with Crippen molar-refractivity contribution < 1.29 is 0 Å². The summed E-state index contributed by atoms with van der Waals surface area (Å²) in [7, 11) is 0. The molecule has 2 atom stereocenters. The summed E-state index contributed by atoms with van der Waals surface area (Å²) in [6, 6.07) is 0.484. The van der Waals surface area contributed by atoms with Crippen LogP contribution >= 0.6 is 0 Å². The molecular formula is C7H16N2. The molecule has 0 aromatic heterocycles. The molecule has 0 aromatic rings. The molecule has 1 fully saturated rings. The van der Waals surface area contributed by atoms with Crippen LogP contribution in [0.3, 0.4) is 0 Å². The number of nitrogens with two attached hydrogens (primary N) is 1. The van der Waals surface area contributed by atoms with Crippen molar-refractivity contribution in [2.24, 2.45) is 17.7 Å². The van der Waals surface area contributed by atoms with E-state index in [1.165, 1.54) is 12.8 Å². The monoisotopic (exact) mass is 128 g/mol. The van der Waals surface area contributed by atoms with Gasteiger partial charge in [0.25, 0.3) is 0 Å². The highest BCUT2D eigenvalue weighted by atomic mass is 15.2. The Hall–Kier alpha value is -0.0800. The van der Waals surface area contributed by atoms with E-state index in [9.17, 15) is 0 Å². The Morgan fingerprint density at radius 2 is 2.00 bits per heavy atom. The van der Waals surface area contributed by atoms with Gasteiger partial charge in [-0.25, -0.2) is 0 Å². The second-order valence-corrected chi connectivity index (χ2v) is 3.15. The van der Waals surface area contributed by atoms with E-state index in [1.54, 1.807) is 0 Å². The lowest BCUT2D eigenvalue weighted by Crippen LogP contribution is -2.38. The molecule has 54 valence electrons. The van der Waals surface area contributed by atoms with Gasteiger partial charge in [0.05, 0.1) is 0 Å². The zero-order valence-corrected chi connectivity index (χ0v) is 6.22. The van der Waals surface area contributed by atoms with Crippen molar-refractivity contribution in [1.29, 1.82) is 0 Å². The Labute approximate surface area is 56.8 Å². The van der Waals surface area contributed by atoms with Crippen molar-refractivity contribution in [1.82, 2.24) is 5.43 Å². The molecule has 0 heterocycles. The van der Waals surface area contributed by atoms with E-state index >= 15 is 0 Å². The minimum atomic E-state index is 0.484. The summed E-state index contributed by atoms with van der Waals surface area (Å²) in [5, 5.41) is 0. The Balaban J connectivity index is 2.22. The van der Waals surface area contributed by atoms with Crippen LogP contribution in [0, 0.1) is 11.8 Å². The van der Waals surface area contributed by atoms with Crippen LogP contribution < -0.4 is 11.3 Å². The molecular weight excluding hydrogens is 112 g/mol. The quantitative estimate of drug-likeness (QED) is 0.437. The molecule has 2 nitrogen and oxygen atoms in total. The largest absolute Gasteiger partial charge is 0.271 e. The summed E-state index contributed by atoms with van der Waals surface area (Å²) >= 11 is 0. The zero-order valence-electron chi connectivity index (χ0n) is 6.22. The lowest BCUT2D eigenvalue weighted by Gasteiger charge is -2.17. The van der Waals surface area contributed by atoms with E-state index < -0.39 is 0 Å². The second-order valence-electron chi connectivity index (χ2n) is 3.15. The minimum Gasteiger partial charge on any atom is -0.271 e. The molecule has 1 saturated carbocycles. The van der Waals surface area contributed by atoms with Gasteiger partial charge in [-0.05, 0) is 31.6 Å². The normalized spacial score (nSPS) is 25.7. The molecule has 3 N–H and O–H groups in total. The van der Waals surface area contributed by atoms with Gasteiger partial charge >= 0.3 is 0 Å². The number of nitrogens with one attached hydrogen (secondary N) is 1. The SMILES string of the molecule is CC(NN)C(C)C1CC1. The fourth-order valence-corrected chi connectivity index (χ4v) is 1.18. The first-order chi connectivity index (χ1) is 4.25. The Kier molecular flexibility index (Phi) is 2.09. The van der Waals surface area contributed by atoms with Crippen molar-refractivity contribution in [3.05, 3.63) is 0 Å². The first kappa shape index (κ1) is 7.03. The third kappa shape index (κ3) is 1.66. The lowest BCUT2D eigenvalue weighted by atomic mass is 9.99. The van der Waals surface area contributed by atoms with Crippen LogP contribution in [0.5, 0.6) is 0 Å². The van der Waals surface area contributed by atoms with Crippen molar-refractivity contribution in [2.75, 3.05) is 0 Å². The molecule has 1 rings (SSSR count). The van der Waals surface area contributed by atoms with Crippen LogP contribution in [0.25, 0.3) is 0 Å². The Morgan fingerprint density at radius 1 is 1.44 bits per heavy atom. The van der Waals surface area contributed by atoms with Gasteiger partial charge in [0.15, 0.2) is 0 Å². The third-order valence-corrected chi connectivity index (χ3v) is 2.42.